The van der Waals surface area contributed by atoms with Crippen molar-refractivity contribution >= 4 is 27.5 Å². The topological polar surface area (TPSA) is 83.4 Å². The van der Waals surface area contributed by atoms with E-state index >= 15 is 4.39 Å². The molecule has 8 heteroatoms. The molecule has 5 aromatic rings. The fourth-order valence-electron chi connectivity index (χ4n) is 7.01. The van der Waals surface area contributed by atoms with Crippen molar-refractivity contribution in [3.05, 3.63) is 83.9 Å². The van der Waals surface area contributed by atoms with Gasteiger partial charge >= 0.3 is 6.01 Å². The number of halogens is 1. The van der Waals surface area contributed by atoms with E-state index in [1.54, 1.807) is 18.2 Å². The molecule has 4 heterocycles. The van der Waals surface area contributed by atoms with Gasteiger partial charge in [-0.05, 0) is 79.5 Å². The Balaban J connectivity index is 1.23. The van der Waals surface area contributed by atoms with Gasteiger partial charge in [0, 0.05) is 64.4 Å². The number of piperazine rings is 1. The van der Waals surface area contributed by atoms with E-state index in [-0.39, 0.29) is 22.7 Å². The summed E-state index contributed by atoms with van der Waals surface area (Å²) in [6, 6.07) is 19.2. The molecule has 2 N–H and O–H groups in total. The Bertz CT molecular complexity index is 1940. The molecule has 0 amide bonds. The summed E-state index contributed by atoms with van der Waals surface area (Å²) >= 11 is 0. The van der Waals surface area contributed by atoms with Crippen molar-refractivity contribution in [2.75, 3.05) is 24.6 Å². The number of hydrogen-bond acceptors (Lipinski definition) is 7. The highest BCUT2D eigenvalue weighted by molar-refractivity contribution is 6.04. The fourth-order valence-corrected chi connectivity index (χ4v) is 7.01. The lowest BCUT2D eigenvalue weighted by molar-refractivity contribution is 0.216. The summed E-state index contributed by atoms with van der Waals surface area (Å²) in [5, 5.41) is 16.3. The molecule has 3 aromatic carbocycles. The molecular weight excluding hydrogens is 553 g/mol. The molecule has 2 aliphatic heterocycles. The van der Waals surface area contributed by atoms with Gasteiger partial charge < -0.3 is 20.1 Å². The normalized spacial score (nSPS) is 20.1. The average molecular weight is 586 g/mol. The van der Waals surface area contributed by atoms with E-state index < -0.39 is 5.82 Å². The number of anilines is 1. The lowest BCUT2D eigenvalue weighted by Gasteiger charge is -2.34. The van der Waals surface area contributed by atoms with Gasteiger partial charge in [0.25, 0.3) is 0 Å². The molecule has 2 saturated heterocycles. The van der Waals surface area contributed by atoms with Crippen molar-refractivity contribution in [2.45, 2.75) is 44.2 Å². The molecule has 44 heavy (non-hydrogen) atoms. The summed E-state index contributed by atoms with van der Waals surface area (Å²) < 4.78 is 23.1. The number of aromatic nitrogens is 3. The third kappa shape index (κ3) is 4.78. The van der Waals surface area contributed by atoms with Crippen LogP contribution in [0.5, 0.6) is 11.8 Å². The number of fused-ring (bicyclic) bond motifs is 4. The highest BCUT2D eigenvalue weighted by atomic mass is 19.1. The zero-order valence-corrected chi connectivity index (χ0v) is 24.3. The van der Waals surface area contributed by atoms with Crippen molar-refractivity contribution in [3.8, 4) is 35.2 Å². The molecule has 7 nitrogen and oxygen atoms in total. The van der Waals surface area contributed by atoms with Gasteiger partial charge in [-0.25, -0.2) is 4.39 Å². The molecule has 1 saturated carbocycles. The van der Waals surface area contributed by atoms with Crippen molar-refractivity contribution in [1.29, 1.82) is 0 Å². The smallest absolute Gasteiger partial charge is 0.319 e. The minimum atomic E-state index is -0.498. The van der Waals surface area contributed by atoms with Crippen LogP contribution in [0.2, 0.25) is 0 Å². The van der Waals surface area contributed by atoms with Crippen LogP contribution in [-0.2, 0) is 6.42 Å². The minimum absolute atomic E-state index is 0.0204. The average Bonchev–Trinajstić information content (AvgIpc) is 3.73. The fraction of sp³-hybridized carbons (Fsp3) is 0.306. The molecule has 3 aliphatic rings. The molecule has 1 aliphatic carbocycles. The SMILES string of the molecule is C#Cc1cccc2cc(O)cc(-c3ccc4c(N5CC6CCC(C5)N6)nc(OCC5(Cc6ccccn6)CC5)nc4c3F)c12. The summed E-state index contributed by atoms with van der Waals surface area (Å²) in [5.41, 5.74) is 2.66. The van der Waals surface area contributed by atoms with Gasteiger partial charge in [0.2, 0.25) is 0 Å². The lowest BCUT2D eigenvalue weighted by Crippen LogP contribution is -2.51. The van der Waals surface area contributed by atoms with Crippen molar-refractivity contribution in [1.82, 2.24) is 20.3 Å². The zero-order valence-electron chi connectivity index (χ0n) is 24.3. The quantitative estimate of drug-likeness (QED) is 0.226. The molecule has 0 spiro atoms. The Labute approximate surface area is 255 Å². The number of hydrogen-bond donors (Lipinski definition) is 2. The largest absolute Gasteiger partial charge is 0.508 e. The summed E-state index contributed by atoms with van der Waals surface area (Å²) in [5.74, 6) is 2.94. The van der Waals surface area contributed by atoms with Gasteiger partial charge in [0.1, 0.15) is 17.1 Å². The predicted octanol–water partition coefficient (Wildman–Crippen LogP) is 6.01. The van der Waals surface area contributed by atoms with Crippen LogP contribution in [0, 0.1) is 23.6 Å². The van der Waals surface area contributed by atoms with Crippen LogP contribution in [0.3, 0.4) is 0 Å². The molecule has 2 unspecified atom stereocenters. The predicted molar refractivity (Wildman–Crippen MR) is 169 cm³/mol. The molecule has 3 fully saturated rings. The highest BCUT2D eigenvalue weighted by Crippen LogP contribution is 2.48. The Kier molecular flexibility index (Phi) is 6.38. The van der Waals surface area contributed by atoms with Gasteiger partial charge in [-0.1, -0.05) is 30.2 Å². The number of pyridine rings is 1. The number of nitrogens with one attached hydrogen (secondary N) is 1. The van der Waals surface area contributed by atoms with Crippen LogP contribution >= 0.6 is 0 Å². The molecular formula is C36H32FN5O2. The first kappa shape index (κ1) is 26.9. The maximum Gasteiger partial charge on any atom is 0.319 e. The van der Waals surface area contributed by atoms with E-state index in [1.165, 1.54) is 0 Å². The van der Waals surface area contributed by atoms with Gasteiger partial charge in [-0.3, -0.25) is 4.98 Å². The summed E-state index contributed by atoms with van der Waals surface area (Å²) in [7, 11) is 0. The highest BCUT2D eigenvalue weighted by Gasteiger charge is 2.44. The van der Waals surface area contributed by atoms with Crippen molar-refractivity contribution in [3.63, 3.8) is 0 Å². The van der Waals surface area contributed by atoms with Crippen molar-refractivity contribution in [2.24, 2.45) is 5.41 Å². The Morgan fingerprint density at radius 2 is 1.86 bits per heavy atom. The van der Waals surface area contributed by atoms with Crippen LogP contribution in [0.15, 0.2) is 66.9 Å². The first-order valence-corrected chi connectivity index (χ1v) is 15.3. The summed E-state index contributed by atoms with van der Waals surface area (Å²) in [4.78, 5) is 16.3. The second-order valence-electron chi connectivity index (χ2n) is 12.5. The summed E-state index contributed by atoms with van der Waals surface area (Å²) in [6.45, 7) is 2.01. The summed E-state index contributed by atoms with van der Waals surface area (Å²) in [6.07, 6.45) is 12.8. The van der Waals surface area contributed by atoms with Gasteiger partial charge in [-0.2, -0.15) is 9.97 Å². The first-order valence-electron chi connectivity index (χ1n) is 15.3. The third-order valence-corrected chi connectivity index (χ3v) is 9.44. The molecule has 220 valence electrons. The van der Waals surface area contributed by atoms with Crippen LogP contribution in [-0.4, -0.2) is 51.8 Å². The number of benzene rings is 3. The molecule has 2 bridgehead atoms. The number of aromatic hydroxyl groups is 1. The Hall–Kier alpha value is -4.74. The van der Waals surface area contributed by atoms with E-state index in [1.807, 2.05) is 48.7 Å². The Morgan fingerprint density at radius 1 is 1.02 bits per heavy atom. The van der Waals surface area contributed by atoms with Crippen LogP contribution in [0.25, 0.3) is 32.8 Å². The number of terminal acetylenes is 1. The third-order valence-electron chi connectivity index (χ3n) is 9.44. The van der Waals surface area contributed by atoms with Crippen molar-refractivity contribution < 1.29 is 14.2 Å². The van der Waals surface area contributed by atoms with Gasteiger partial charge in [-0.15, -0.1) is 6.42 Å². The van der Waals surface area contributed by atoms with E-state index in [0.717, 1.165) is 56.3 Å². The van der Waals surface area contributed by atoms with E-state index in [2.05, 4.69) is 26.1 Å². The number of nitrogens with zero attached hydrogens (tertiary/aromatic N) is 4. The van der Waals surface area contributed by atoms with Crippen LogP contribution in [0.4, 0.5) is 10.2 Å². The van der Waals surface area contributed by atoms with Gasteiger partial charge in [0.05, 0.1) is 6.61 Å². The molecule has 2 aromatic heterocycles. The van der Waals surface area contributed by atoms with E-state index in [9.17, 15) is 5.11 Å². The second-order valence-corrected chi connectivity index (χ2v) is 12.5. The molecule has 8 rings (SSSR count). The van der Waals surface area contributed by atoms with Crippen LogP contribution < -0.4 is 15.0 Å². The van der Waals surface area contributed by atoms with Crippen LogP contribution in [0.1, 0.15) is 36.9 Å². The molecule has 0 radical (unpaired) electrons. The first-order chi connectivity index (χ1) is 21.5. The lowest BCUT2D eigenvalue weighted by atomic mass is 9.93. The maximum absolute atomic E-state index is 16.8. The number of ether oxygens (including phenoxy) is 1. The second kappa shape index (κ2) is 10.5. The monoisotopic (exact) mass is 585 g/mol. The van der Waals surface area contributed by atoms with E-state index in [4.69, 9.17) is 16.1 Å². The maximum atomic E-state index is 16.8. The Morgan fingerprint density at radius 3 is 2.61 bits per heavy atom. The number of phenols is 1. The standard InChI is InChI=1S/C36H32FN5O2/c1-2-22-6-5-7-23-16-27(43)17-30(31(22)23)28-11-12-29-33(32(28)37)40-35(41-34(29)42-19-25-9-10-26(20-42)39-25)44-21-36(13-14-36)18-24-8-3-4-15-38-24/h1,3-8,11-12,15-17,25-26,39,43H,9-10,13-14,18-21H2. The number of rotatable bonds is 7. The number of phenolic OH excluding ortho intramolecular Hbond substituents is 1. The minimum Gasteiger partial charge on any atom is -0.508 e. The molecule has 2 atom stereocenters. The van der Waals surface area contributed by atoms with E-state index in [0.29, 0.717) is 52.0 Å². The zero-order chi connectivity index (χ0) is 29.8. The van der Waals surface area contributed by atoms with Gasteiger partial charge in [0.15, 0.2) is 5.82 Å².